The van der Waals surface area contributed by atoms with Crippen molar-refractivity contribution in [2.24, 2.45) is 7.05 Å². The number of benzene rings is 1. The van der Waals surface area contributed by atoms with Crippen LogP contribution < -0.4 is 5.32 Å². The molecule has 0 aliphatic carbocycles. The average Bonchev–Trinajstić information content (AvgIpc) is 3.34. The molecule has 2 aromatic heterocycles. The Labute approximate surface area is 149 Å². The largest absolute Gasteiger partial charge is 0.426 e. The molecule has 0 radical (unpaired) electrons. The lowest BCUT2D eigenvalue weighted by atomic mass is 10.2. The minimum absolute atomic E-state index is 0.0249. The number of aromatic nitrogens is 1. The maximum atomic E-state index is 12.9. The summed E-state index contributed by atoms with van der Waals surface area (Å²) in [5, 5.41) is 3.98. The van der Waals surface area contributed by atoms with Crippen molar-refractivity contribution in [2.75, 3.05) is 13.1 Å². The fourth-order valence-electron chi connectivity index (χ4n) is 3.41. The lowest BCUT2D eigenvalue weighted by Crippen LogP contribution is -2.39. The number of nitrogens with one attached hydrogen (secondary N) is 1. The number of para-hydroxylation sites is 1. The maximum Gasteiger partial charge on any atom is 0.289 e. The van der Waals surface area contributed by atoms with E-state index in [2.05, 4.69) is 5.32 Å². The Morgan fingerprint density at radius 1 is 1.23 bits per heavy atom. The summed E-state index contributed by atoms with van der Waals surface area (Å²) < 4.78 is 19.5. The third-order valence-electron chi connectivity index (χ3n) is 4.78. The quantitative estimate of drug-likeness (QED) is 0.785. The molecule has 0 spiro atoms. The van der Waals surface area contributed by atoms with Crippen LogP contribution >= 0.6 is 0 Å². The van der Waals surface area contributed by atoms with Crippen LogP contribution in [0.5, 0.6) is 0 Å². The zero-order valence-corrected chi connectivity index (χ0v) is 14.2. The maximum absolute atomic E-state index is 12.9. The first-order valence-corrected chi connectivity index (χ1v) is 8.43. The minimum Gasteiger partial charge on any atom is -0.426 e. The van der Waals surface area contributed by atoms with Gasteiger partial charge in [-0.2, -0.15) is 4.39 Å². The van der Waals surface area contributed by atoms with E-state index < -0.39 is 6.01 Å². The number of aryl methyl sites for hydroxylation is 1. The van der Waals surface area contributed by atoms with Crippen molar-refractivity contribution in [3.63, 3.8) is 0 Å². The number of nitrogens with zero attached hydrogens (tertiary/aromatic N) is 2. The summed E-state index contributed by atoms with van der Waals surface area (Å²) >= 11 is 0. The second-order valence-corrected chi connectivity index (χ2v) is 6.46. The first-order valence-electron chi connectivity index (χ1n) is 8.43. The van der Waals surface area contributed by atoms with Crippen LogP contribution in [0.3, 0.4) is 0 Å². The average molecular weight is 355 g/mol. The predicted octanol–water partition coefficient (Wildman–Crippen LogP) is 2.55. The highest BCUT2D eigenvalue weighted by Gasteiger charge is 2.30. The molecular weight excluding hydrogens is 337 g/mol. The van der Waals surface area contributed by atoms with Gasteiger partial charge in [0.2, 0.25) is 0 Å². The van der Waals surface area contributed by atoms with Crippen LogP contribution in [0.1, 0.15) is 27.5 Å². The normalized spacial score (nSPS) is 17.0. The molecule has 7 heteroatoms. The second-order valence-electron chi connectivity index (χ2n) is 6.46. The fraction of sp³-hybridized carbons (Fsp3) is 0.263. The molecule has 1 unspecified atom stereocenters. The number of carbonyl (C=O) groups excluding carboxylic acids is 2. The van der Waals surface area contributed by atoms with E-state index >= 15 is 0 Å². The number of hydrogen-bond donors (Lipinski definition) is 1. The first-order chi connectivity index (χ1) is 12.5. The molecule has 0 bridgehead atoms. The zero-order chi connectivity index (χ0) is 18.3. The number of fused-ring (bicyclic) bond motifs is 1. The van der Waals surface area contributed by atoms with E-state index in [1.807, 2.05) is 41.9 Å². The van der Waals surface area contributed by atoms with E-state index in [4.69, 9.17) is 4.42 Å². The fourth-order valence-corrected chi connectivity index (χ4v) is 3.41. The van der Waals surface area contributed by atoms with Crippen molar-refractivity contribution in [3.8, 4) is 0 Å². The number of furan rings is 1. The van der Waals surface area contributed by atoms with Crippen molar-refractivity contribution in [3.05, 3.63) is 59.9 Å². The van der Waals surface area contributed by atoms with Gasteiger partial charge in [-0.15, -0.1) is 0 Å². The molecule has 3 heterocycles. The number of rotatable bonds is 3. The van der Waals surface area contributed by atoms with E-state index in [0.717, 1.165) is 17.0 Å². The molecule has 1 N–H and O–H groups in total. The molecular formula is C19H18FN3O3. The topological polar surface area (TPSA) is 67.5 Å². The molecule has 1 aromatic carbocycles. The summed E-state index contributed by atoms with van der Waals surface area (Å²) in [5.41, 5.74) is 1.56. The number of likely N-dealkylation sites (tertiary alicyclic amines) is 1. The van der Waals surface area contributed by atoms with E-state index in [0.29, 0.717) is 25.2 Å². The SMILES string of the molecule is Cn1c(C(=O)NC2CCN(C(=O)c3ccc(F)o3)C2)cc2ccccc21. The third-order valence-corrected chi connectivity index (χ3v) is 4.78. The van der Waals surface area contributed by atoms with Gasteiger partial charge in [-0.25, -0.2) is 0 Å². The van der Waals surface area contributed by atoms with Gasteiger partial charge in [0, 0.05) is 43.1 Å². The summed E-state index contributed by atoms with van der Waals surface area (Å²) in [7, 11) is 1.85. The molecule has 3 aromatic rings. The van der Waals surface area contributed by atoms with Gasteiger partial charge in [0.15, 0.2) is 5.76 Å². The summed E-state index contributed by atoms with van der Waals surface area (Å²) in [5.74, 6) is -0.564. The van der Waals surface area contributed by atoms with Gasteiger partial charge in [-0.3, -0.25) is 9.59 Å². The Morgan fingerprint density at radius 3 is 2.77 bits per heavy atom. The number of hydrogen-bond acceptors (Lipinski definition) is 3. The first kappa shape index (κ1) is 16.4. The molecule has 1 saturated heterocycles. The molecule has 2 amide bonds. The van der Waals surface area contributed by atoms with Crippen LogP contribution in [-0.2, 0) is 7.05 Å². The second kappa shape index (κ2) is 6.33. The van der Waals surface area contributed by atoms with Crippen LogP contribution in [0.15, 0.2) is 46.9 Å². The Hall–Kier alpha value is -3.09. The summed E-state index contributed by atoms with van der Waals surface area (Å²) in [6, 6.07) is 11.1. The number of amides is 2. The van der Waals surface area contributed by atoms with Gasteiger partial charge >= 0.3 is 0 Å². The highest BCUT2D eigenvalue weighted by atomic mass is 19.1. The van der Waals surface area contributed by atoms with Gasteiger partial charge in [0.25, 0.3) is 17.8 Å². The van der Waals surface area contributed by atoms with E-state index in [9.17, 15) is 14.0 Å². The van der Waals surface area contributed by atoms with Crippen molar-refractivity contribution >= 4 is 22.7 Å². The highest BCUT2D eigenvalue weighted by molar-refractivity contribution is 5.99. The van der Waals surface area contributed by atoms with Crippen LogP contribution in [0.25, 0.3) is 10.9 Å². The zero-order valence-electron chi connectivity index (χ0n) is 14.2. The smallest absolute Gasteiger partial charge is 0.289 e. The van der Waals surface area contributed by atoms with Crippen molar-refractivity contribution in [2.45, 2.75) is 12.5 Å². The molecule has 1 fully saturated rings. The predicted molar refractivity (Wildman–Crippen MR) is 93.4 cm³/mol. The van der Waals surface area contributed by atoms with Crippen molar-refractivity contribution in [1.82, 2.24) is 14.8 Å². The van der Waals surface area contributed by atoms with Gasteiger partial charge in [0.05, 0.1) is 0 Å². The summed E-state index contributed by atoms with van der Waals surface area (Å²) in [6.07, 6.45) is 0.643. The molecule has 6 nitrogen and oxygen atoms in total. The van der Waals surface area contributed by atoms with Crippen molar-refractivity contribution < 1.29 is 18.4 Å². The molecule has 1 aliphatic rings. The third kappa shape index (κ3) is 2.85. The lowest BCUT2D eigenvalue weighted by Gasteiger charge is -2.16. The van der Waals surface area contributed by atoms with Crippen LogP contribution in [0, 0.1) is 6.01 Å². The highest BCUT2D eigenvalue weighted by Crippen LogP contribution is 2.20. The minimum atomic E-state index is -0.784. The van der Waals surface area contributed by atoms with E-state index in [1.165, 1.54) is 6.07 Å². The van der Waals surface area contributed by atoms with Crippen molar-refractivity contribution in [1.29, 1.82) is 0 Å². The van der Waals surface area contributed by atoms with Crippen LogP contribution in [-0.4, -0.2) is 40.4 Å². The van der Waals surface area contributed by atoms with E-state index in [1.54, 1.807) is 4.90 Å². The molecule has 1 aliphatic heterocycles. The summed E-state index contributed by atoms with van der Waals surface area (Å²) in [6.45, 7) is 0.859. The molecule has 26 heavy (non-hydrogen) atoms. The Kier molecular flexibility index (Phi) is 3.99. The van der Waals surface area contributed by atoms with Gasteiger partial charge < -0.3 is 19.2 Å². The van der Waals surface area contributed by atoms with Gasteiger partial charge in [-0.05, 0) is 24.6 Å². The standard InChI is InChI=1S/C19H18FN3O3/c1-22-14-5-3-2-4-12(14)10-15(22)18(24)21-13-8-9-23(11-13)19(25)16-6-7-17(20)26-16/h2-7,10,13H,8-9,11H2,1H3,(H,21,24). The van der Waals surface area contributed by atoms with Gasteiger partial charge in [-0.1, -0.05) is 18.2 Å². The van der Waals surface area contributed by atoms with Crippen LogP contribution in [0.4, 0.5) is 4.39 Å². The number of carbonyl (C=O) groups is 2. The molecule has 134 valence electrons. The van der Waals surface area contributed by atoms with Gasteiger partial charge in [0.1, 0.15) is 5.69 Å². The Bertz CT molecular complexity index is 991. The summed E-state index contributed by atoms with van der Waals surface area (Å²) in [4.78, 5) is 26.5. The Morgan fingerprint density at radius 2 is 2.04 bits per heavy atom. The molecule has 0 saturated carbocycles. The van der Waals surface area contributed by atoms with Crippen LogP contribution in [0.2, 0.25) is 0 Å². The molecule has 1 atom stereocenters. The van der Waals surface area contributed by atoms with E-state index in [-0.39, 0.29) is 23.6 Å². The Balaban J connectivity index is 1.44. The monoisotopic (exact) mass is 355 g/mol. The molecule has 4 rings (SSSR count). The number of halogens is 1. The lowest BCUT2D eigenvalue weighted by molar-refractivity contribution is 0.0744.